The predicted octanol–water partition coefficient (Wildman–Crippen LogP) is 1.31. The lowest BCUT2D eigenvalue weighted by atomic mass is 10.1. The van der Waals surface area contributed by atoms with Crippen molar-refractivity contribution in [2.24, 2.45) is 11.7 Å². The number of nitrogens with two attached hydrogens (primary N) is 1. The number of nitrogens with one attached hydrogen (secondary N) is 1. The maximum atomic E-state index is 7.39. The molecule has 0 spiro atoms. The molecular formula is C11H25N3O. The first kappa shape index (κ1) is 14.4. The molecular weight excluding hydrogens is 190 g/mol. The van der Waals surface area contributed by atoms with Gasteiger partial charge in [-0.2, -0.15) is 0 Å². The van der Waals surface area contributed by atoms with Crippen molar-refractivity contribution in [3.8, 4) is 0 Å². The van der Waals surface area contributed by atoms with E-state index in [1.807, 2.05) is 6.92 Å². The summed E-state index contributed by atoms with van der Waals surface area (Å²) in [5, 5.41) is 7.39. The van der Waals surface area contributed by atoms with Gasteiger partial charge in [-0.15, -0.1) is 0 Å². The quantitative estimate of drug-likeness (QED) is 0.474. The van der Waals surface area contributed by atoms with Gasteiger partial charge in [0.25, 0.3) is 0 Å². The molecule has 0 aliphatic carbocycles. The minimum atomic E-state index is 0.121. The summed E-state index contributed by atoms with van der Waals surface area (Å²) in [5.41, 5.74) is 5.48. The molecule has 0 fully saturated rings. The zero-order valence-electron chi connectivity index (χ0n) is 10.4. The fourth-order valence-electron chi connectivity index (χ4n) is 1.41. The number of methoxy groups -OCH3 is 1. The van der Waals surface area contributed by atoms with Gasteiger partial charge < -0.3 is 10.5 Å². The molecule has 15 heavy (non-hydrogen) atoms. The Bertz CT molecular complexity index is 185. The summed E-state index contributed by atoms with van der Waals surface area (Å²) in [6.07, 6.45) is 1.11. The molecule has 0 heterocycles. The van der Waals surface area contributed by atoms with Crippen LogP contribution in [0.1, 0.15) is 27.2 Å². The fraction of sp³-hybridized carbons (Fsp3) is 0.909. The van der Waals surface area contributed by atoms with Crippen molar-refractivity contribution < 1.29 is 4.74 Å². The Labute approximate surface area is 93.3 Å². The molecule has 0 saturated carbocycles. The van der Waals surface area contributed by atoms with Crippen LogP contribution in [0.4, 0.5) is 0 Å². The highest BCUT2D eigenvalue weighted by atomic mass is 16.5. The molecule has 0 bridgehead atoms. The SMILES string of the molecule is CCC(C)N(CCOC)CC(C)C(=N)N. The van der Waals surface area contributed by atoms with E-state index in [1.165, 1.54) is 0 Å². The van der Waals surface area contributed by atoms with Gasteiger partial charge in [0.1, 0.15) is 0 Å². The molecule has 0 aliphatic heterocycles. The maximum Gasteiger partial charge on any atom is 0.0947 e. The summed E-state index contributed by atoms with van der Waals surface area (Å²) in [6, 6.07) is 0.516. The van der Waals surface area contributed by atoms with E-state index in [1.54, 1.807) is 7.11 Å². The van der Waals surface area contributed by atoms with Crippen molar-refractivity contribution in [3.63, 3.8) is 0 Å². The summed E-state index contributed by atoms with van der Waals surface area (Å²) < 4.78 is 5.08. The topological polar surface area (TPSA) is 62.3 Å². The Hall–Kier alpha value is -0.610. The highest BCUT2D eigenvalue weighted by Gasteiger charge is 2.16. The van der Waals surface area contributed by atoms with Crippen LogP contribution < -0.4 is 5.73 Å². The second kappa shape index (κ2) is 7.65. The van der Waals surface area contributed by atoms with E-state index in [2.05, 4.69) is 18.7 Å². The van der Waals surface area contributed by atoms with Gasteiger partial charge >= 0.3 is 0 Å². The van der Waals surface area contributed by atoms with Crippen LogP contribution in [-0.4, -0.2) is 43.6 Å². The van der Waals surface area contributed by atoms with Gasteiger partial charge in [-0.05, 0) is 13.3 Å². The highest BCUT2D eigenvalue weighted by Crippen LogP contribution is 2.07. The van der Waals surface area contributed by atoms with Crippen molar-refractivity contribution in [2.45, 2.75) is 33.2 Å². The molecule has 0 aromatic heterocycles. The molecule has 0 aliphatic rings. The number of nitrogens with zero attached hydrogens (tertiary/aromatic N) is 1. The third-order valence-electron chi connectivity index (χ3n) is 2.84. The van der Waals surface area contributed by atoms with Gasteiger partial charge in [-0.3, -0.25) is 10.3 Å². The lowest BCUT2D eigenvalue weighted by molar-refractivity contribution is 0.118. The van der Waals surface area contributed by atoms with E-state index in [9.17, 15) is 0 Å². The van der Waals surface area contributed by atoms with E-state index >= 15 is 0 Å². The number of rotatable bonds is 8. The highest BCUT2D eigenvalue weighted by molar-refractivity contribution is 5.79. The molecule has 0 aromatic carbocycles. The second-order valence-electron chi connectivity index (χ2n) is 4.10. The number of hydrogen-bond donors (Lipinski definition) is 2. The van der Waals surface area contributed by atoms with Crippen LogP contribution in [-0.2, 0) is 4.74 Å². The fourth-order valence-corrected chi connectivity index (χ4v) is 1.41. The van der Waals surface area contributed by atoms with Crippen molar-refractivity contribution >= 4 is 5.84 Å². The summed E-state index contributed by atoms with van der Waals surface area (Å²) in [6.45, 7) is 8.84. The molecule has 4 heteroatoms. The predicted molar refractivity (Wildman–Crippen MR) is 64.3 cm³/mol. The monoisotopic (exact) mass is 215 g/mol. The standard InChI is InChI=1S/C11H25N3O/c1-5-10(3)14(6-7-15-4)8-9(2)11(12)13/h9-10H,5-8H2,1-4H3,(H3,12,13). The van der Waals surface area contributed by atoms with Crippen LogP contribution in [0.2, 0.25) is 0 Å². The first-order chi connectivity index (χ1) is 7.02. The van der Waals surface area contributed by atoms with Crippen LogP contribution in [0, 0.1) is 11.3 Å². The van der Waals surface area contributed by atoms with Crippen LogP contribution in [0.3, 0.4) is 0 Å². The third-order valence-corrected chi connectivity index (χ3v) is 2.84. The van der Waals surface area contributed by atoms with Crippen molar-refractivity contribution in [1.29, 1.82) is 5.41 Å². The molecule has 0 radical (unpaired) electrons. The maximum absolute atomic E-state index is 7.39. The molecule has 3 N–H and O–H groups in total. The molecule has 2 atom stereocenters. The van der Waals surface area contributed by atoms with Gasteiger partial charge in [0, 0.05) is 32.2 Å². The zero-order valence-corrected chi connectivity index (χ0v) is 10.4. The van der Waals surface area contributed by atoms with E-state index in [4.69, 9.17) is 15.9 Å². The number of ether oxygens (including phenoxy) is 1. The van der Waals surface area contributed by atoms with E-state index in [0.717, 1.165) is 26.1 Å². The van der Waals surface area contributed by atoms with Crippen LogP contribution in [0.5, 0.6) is 0 Å². The second-order valence-corrected chi connectivity index (χ2v) is 4.10. The summed E-state index contributed by atoms with van der Waals surface area (Å²) in [4.78, 5) is 2.33. The van der Waals surface area contributed by atoms with Gasteiger partial charge in [-0.25, -0.2) is 0 Å². The smallest absolute Gasteiger partial charge is 0.0947 e. The molecule has 0 saturated heterocycles. The van der Waals surface area contributed by atoms with Crippen LogP contribution in [0.15, 0.2) is 0 Å². The average molecular weight is 215 g/mol. The molecule has 0 aromatic rings. The lowest BCUT2D eigenvalue weighted by Crippen LogP contribution is -2.41. The number of hydrogen-bond acceptors (Lipinski definition) is 3. The molecule has 2 unspecified atom stereocenters. The normalized spacial score (nSPS) is 15.3. The van der Waals surface area contributed by atoms with Crippen molar-refractivity contribution in [3.05, 3.63) is 0 Å². The van der Waals surface area contributed by atoms with Crippen LogP contribution in [0.25, 0.3) is 0 Å². The zero-order chi connectivity index (χ0) is 11.8. The van der Waals surface area contributed by atoms with Gasteiger partial charge in [0.05, 0.1) is 12.4 Å². The lowest BCUT2D eigenvalue weighted by Gasteiger charge is -2.30. The molecule has 90 valence electrons. The number of amidine groups is 1. The van der Waals surface area contributed by atoms with Gasteiger partial charge in [0.2, 0.25) is 0 Å². The molecule has 0 rings (SSSR count). The first-order valence-corrected chi connectivity index (χ1v) is 5.59. The Kier molecular flexibility index (Phi) is 7.34. The van der Waals surface area contributed by atoms with Gasteiger partial charge in [0.15, 0.2) is 0 Å². The molecule has 0 amide bonds. The third kappa shape index (κ3) is 5.74. The molecule has 4 nitrogen and oxygen atoms in total. The average Bonchev–Trinajstić information content (AvgIpc) is 2.22. The van der Waals surface area contributed by atoms with Crippen molar-refractivity contribution in [1.82, 2.24) is 4.90 Å². The Balaban J connectivity index is 4.16. The minimum absolute atomic E-state index is 0.121. The first-order valence-electron chi connectivity index (χ1n) is 5.59. The van der Waals surface area contributed by atoms with E-state index in [-0.39, 0.29) is 11.8 Å². The van der Waals surface area contributed by atoms with Crippen molar-refractivity contribution in [2.75, 3.05) is 26.8 Å². The summed E-state index contributed by atoms with van der Waals surface area (Å²) >= 11 is 0. The van der Waals surface area contributed by atoms with Crippen LogP contribution >= 0.6 is 0 Å². The summed E-state index contributed by atoms with van der Waals surface area (Å²) in [5.74, 6) is 0.386. The largest absolute Gasteiger partial charge is 0.387 e. The van der Waals surface area contributed by atoms with E-state index < -0.39 is 0 Å². The Morgan fingerprint density at radius 3 is 2.47 bits per heavy atom. The van der Waals surface area contributed by atoms with E-state index in [0.29, 0.717) is 6.04 Å². The Morgan fingerprint density at radius 2 is 2.07 bits per heavy atom. The van der Waals surface area contributed by atoms with Gasteiger partial charge in [-0.1, -0.05) is 13.8 Å². The Morgan fingerprint density at radius 1 is 1.47 bits per heavy atom. The minimum Gasteiger partial charge on any atom is -0.387 e. The summed E-state index contributed by atoms with van der Waals surface area (Å²) in [7, 11) is 1.71.